The highest BCUT2D eigenvalue weighted by atomic mass is 19.4. The lowest BCUT2D eigenvalue weighted by Crippen LogP contribution is -2.38. The number of carbonyl (C=O) groups excluding carboxylic acids is 2. The molecule has 0 aromatic heterocycles. The topological polar surface area (TPSA) is 67.9 Å². The fourth-order valence-electron chi connectivity index (χ4n) is 3.75. The summed E-state index contributed by atoms with van der Waals surface area (Å²) in [6.07, 6.45) is -4.45. The number of likely N-dealkylation sites (N-methyl/N-ethyl adjacent to an activating group) is 1. The zero-order valence-corrected chi connectivity index (χ0v) is 18.9. The minimum absolute atomic E-state index is 0.203. The number of anilines is 1. The van der Waals surface area contributed by atoms with Gasteiger partial charge in [-0.05, 0) is 48.4 Å². The first kappa shape index (κ1) is 24.1. The van der Waals surface area contributed by atoms with Gasteiger partial charge in [0.2, 0.25) is 5.91 Å². The summed E-state index contributed by atoms with van der Waals surface area (Å²) in [7, 11) is 0. The maximum absolute atomic E-state index is 13.3. The van der Waals surface area contributed by atoms with Gasteiger partial charge in [0.25, 0.3) is 5.91 Å². The van der Waals surface area contributed by atoms with Gasteiger partial charge in [-0.1, -0.05) is 30.3 Å². The van der Waals surface area contributed by atoms with Crippen molar-refractivity contribution < 1.29 is 32.2 Å². The lowest BCUT2D eigenvalue weighted by molar-refractivity contribution is -0.137. The van der Waals surface area contributed by atoms with Crippen molar-refractivity contribution >= 4 is 17.5 Å². The van der Waals surface area contributed by atoms with Gasteiger partial charge in [-0.15, -0.1) is 0 Å². The molecule has 0 unspecified atom stereocenters. The number of rotatable bonds is 6. The van der Waals surface area contributed by atoms with Gasteiger partial charge in [0, 0.05) is 23.9 Å². The second kappa shape index (κ2) is 10.1. The molecule has 2 amide bonds. The SMILES string of the molecule is CCN(CC(=O)Nc1ccc2c(c1)OCCO2)C(=O)c1ccccc1-c1ccc(C(F)(F)F)cc1. The Kier molecular flexibility index (Phi) is 6.95. The molecular weight excluding hydrogens is 461 g/mol. The highest BCUT2D eigenvalue weighted by Gasteiger charge is 2.30. The predicted molar refractivity (Wildman–Crippen MR) is 125 cm³/mol. The number of hydrogen-bond acceptors (Lipinski definition) is 4. The van der Waals surface area contributed by atoms with Crippen LogP contribution in [0, 0.1) is 0 Å². The minimum atomic E-state index is -4.45. The number of fused-ring (bicyclic) bond motifs is 1. The van der Waals surface area contributed by atoms with Gasteiger partial charge in [0.05, 0.1) is 5.56 Å². The Hall–Kier alpha value is -4.01. The predicted octanol–water partition coefficient (Wildman–Crippen LogP) is 5.24. The van der Waals surface area contributed by atoms with Crippen molar-refractivity contribution in [2.24, 2.45) is 0 Å². The molecule has 0 atom stereocenters. The number of alkyl halides is 3. The van der Waals surface area contributed by atoms with E-state index >= 15 is 0 Å². The zero-order valence-electron chi connectivity index (χ0n) is 18.9. The van der Waals surface area contributed by atoms with E-state index in [1.54, 1.807) is 49.4 Å². The molecule has 0 radical (unpaired) electrons. The molecule has 1 heterocycles. The molecular formula is C26H23F3N2O4. The van der Waals surface area contributed by atoms with Crippen LogP contribution in [0.5, 0.6) is 11.5 Å². The standard InChI is InChI=1S/C26H23F3N2O4/c1-2-31(16-24(32)30-19-11-12-22-23(15-19)35-14-13-34-22)25(33)21-6-4-3-5-20(21)17-7-9-18(10-8-17)26(27,28)29/h3-12,15H,2,13-14,16H2,1H3,(H,30,32). The van der Waals surface area contributed by atoms with Crippen molar-refractivity contribution in [3.63, 3.8) is 0 Å². The molecule has 0 fully saturated rings. The highest BCUT2D eigenvalue weighted by molar-refractivity contribution is 6.03. The molecule has 1 aliphatic rings. The number of nitrogens with zero attached hydrogens (tertiary/aromatic N) is 1. The summed E-state index contributed by atoms with van der Waals surface area (Å²) >= 11 is 0. The van der Waals surface area contributed by atoms with E-state index in [1.807, 2.05) is 0 Å². The van der Waals surface area contributed by atoms with Gasteiger partial charge in [0.1, 0.15) is 19.8 Å². The maximum atomic E-state index is 13.3. The molecule has 4 rings (SSSR count). The zero-order chi connectivity index (χ0) is 25.0. The van der Waals surface area contributed by atoms with E-state index in [0.717, 1.165) is 12.1 Å². The maximum Gasteiger partial charge on any atom is 0.416 e. The smallest absolute Gasteiger partial charge is 0.416 e. The van der Waals surface area contributed by atoms with E-state index in [9.17, 15) is 22.8 Å². The molecule has 1 aliphatic heterocycles. The number of halogens is 3. The van der Waals surface area contributed by atoms with Crippen LogP contribution in [0.2, 0.25) is 0 Å². The third-order valence-corrected chi connectivity index (χ3v) is 5.51. The van der Waals surface area contributed by atoms with Gasteiger partial charge in [0.15, 0.2) is 11.5 Å². The van der Waals surface area contributed by atoms with Crippen LogP contribution in [-0.2, 0) is 11.0 Å². The van der Waals surface area contributed by atoms with Gasteiger partial charge in [-0.25, -0.2) is 0 Å². The Bertz CT molecular complexity index is 1230. The first-order chi connectivity index (χ1) is 16.8. The molecule has 182 valence electrons. The fraction of sp³-hybridized carbons (Fsp3) is 0.231. The van der Waals surface area contributed by atoms with E-state index in [2.05, 4.69) is 5.32 Å². The molecule has 35 heavy (non-hydrogen) atoms. The van der Waals surface area contributed by atoms with Crippen LogP contribution < -0.4 is 14.8 Å². The Morgan fingerprint density at radius 3 is 2.31 bits per heavy atom. The van der Waals surface area contributed by atoms with E-state index in [0.29, 0.717) is 47.1 Å². The Morgan fingerprint density at radius 2 is 1.63 bits per heavy atom. The van der Waals surface area contributed by atoms with Crippen LogP contribution in [0.15, 0.2) is 66.7 Å². The minimum Gasteiger partial charge on any atom is -0.486 e. The second-order valence-electron chi connectivity index (χ2n) is 7.85. The molecule has 3 aromatic rings. The number of nitrogens with one attached hydrogen (secondary N) is 1. The molecule has 0 saturated carbocycles. The molecule has 0 aliphatic carbocycles. The third kappa shape index (κ3) is 5.56. The summed E-state index contributed by atoms with van der Waals surface area (Å²) in [4.78, 5) is 27.4. The molecule has 3 aromatic carbocycles. The number of amides is 2. The summed E-state index contributed by atoms with van der Waals surface area (Å²) in [5, 5.41) is 2.75. The summed E-state index contributed by atoms with van der Waals surface area (Å²) < 4.78 is 49.8. The average Bonchev–Trinajstić information content (AvgIpc) is 2.86. The lowest BCUT2D eigenvalue weighted by Gasteiger charge is -2.22. The molecule has 9 heteroatoms. The number of hydrogen-bond donors (Lipinski definition) is 1. The summed E-state index contributed by atoms with van der Waals surface area (Å²) in [6.45, 7) is 2.68. The summed E-state index contributed by atoms with van der Waals surface area (Å²) in [5.41, 5.74) is 0.987. The molecule has 1 N–H and O–H groups in total. The van der Waals surface area contributed by atoms with E-state index in [1.165, 1.54) is 17.0 Å². The fourth-order valence-corrected chi connectivity index (χ4v) is 3.75. The summed E-state index contributed by atoms with van der Waals surface area (Å²) in [6, 6.07) is 16.3. The number of carbonyl (C=O) groups is 2. The van der Waals surface area contributed by atoms with Crippen LogP contribution in [0.1, 0.15) is 22.8 Å². The van der Waals surface area contributed by atoms with Gasteiger partial charge >= 0.3 is 6.18 Å². The van der Waals surface area contributed by atoms with Gasteiger partial charge < -0.3 is 19.7 Å². The first-order valence-electron chi connectivity index (χ1n) is 11.0. The summed E-state index contributed by atoms with van der Waals surface area (Å²) in [5.74, 6) is 0.326. The van der Waals surface area contributed by atoms with Crippen molar-refractivity contribution in [1.29, 1.82) is 0 Å². The number of ether oxygens (including phenoxy) is 2. The molecule has 6 nitrogen and oxygen atoms in total. The van der Waals surface area contributed by atoms with Crippen LogP contribution in [0.4, 0.5) is 18.9 Å². The van der Waals surface area contributed by atoms with Crippen LogP contribution in [0.3, 0.4) is 0 Å². The van der Waals surface area contributed by atoms with Crippen LogP contribution in [-0.4, -0.2) is 43.0 Å². The number of benzene rings is 3. The Morgan fingerprint density at radius 1 is 0.943 bits per heavy atom. The largest absolute Gasteiger partial charge is 0.486 e. The average molecular weight is 484 g/mol. The van der Waals surface area contributed by atoms with E-state index in [-0.39, 0.29) is 13.1 Å². The molecule has 0 saturated heterocycles. The normalized spacial score (nSPS) is 12.7. The first-order valence-corrected chi connectivity index (χ1v) is 11.0. The van der Waals surface area contributed by atoms with Crippen molar-refractivity contribution in [2.75, 3.05) is 31.6 Å². The second-order valence-corrected chi connectivity index (χ2v) is 7.85. The van der Waals surface area contributed by atoms with Crippen LogP contribution >= 0.6 is 0 Å². The monoisotopic (exact) mass is 484 g/mol. The lowest BCUT2D eigenvalue weighted by atomic mass is 9.97. The van der Waals surface area contributed by atoms with Crippen LogP contribution in [0.25, 0.3) is 11.1 Å². The van der Waals surface area contributed by atoms with Crippen molar-refractivity contribution in [1.82, 2.24) is 4.90 Å². The van der Waals surface area contributed by atoms with Gasteiger partial charge in [-0.3, -0.25) is 9.59 Å². The Balaban J connectivity index is 1.50. The van der Waals surface area contributed by atoms with Gasteiger partial charge in [-0.2, -0.15) is 13.2 Å². The molecule has 0 spiro atoms. The Labute approximate surface area is 200 Å². The van der Waals surface area contributed by atoms with E-state index in [4.69, 9.17) is 9.47 Å². The van der Waals surface area contributed by atoms with Crippen molar-refractivity contribution in [3.8, 4) is 22.6 Å². The van der Waals surface area contributed by atoms with Crippen molar-refractivity contribution in [3.05, 3.63) is 77.9 Å². The van der Waals surface area contributed by atoms with Crippen molar-refractivity contribution in [2.45, 2.75) is 13.1 Å². The molecule has 0 bridgehead atoms. The van der Waals surface area contributed by atoms with E-state index < -0.39 is 23.6 Å². The quantitative estimate of drug-likeness (QED) is 0.519. The highest BCUT2D eigenvalue weighted by Crippen LogP contribution is 2.33. The third-order valence-electron chi connectivity index (χ3n) is 5.51.